The van der Waals surface area contributed by atoms with Gasteiger partial charge in [0.2, 0.25) is 6.79 Å². The predicted molar refractivity (Wildman–Crippen MR) is 102 cm³/mol. The van der Waals surface area contributed by atoms with Crippen LogP contribution >= 0.6 is 0 Å². The van der Waals surface area contributed by atoms with E-state index in [1.54, 1.807) is 4.90 Å². The van der Waals surface area contributed by atoms with Crippen LogP contribution in [0, 0.1) is 0 Å². The molecule has 5 nitrogen and oxygen atoms in total. The fourth-order valence-electron chi connectivity index (χ4n) is 3.12. The van der Waals surface area contributed by atoms with E-state index < -0.39 is 0 Å². The van der Waals surface area contributed by atoms with Gasteiger partial charge in [-0.25, -0.2) is 4.79 Å². The molecular weight excluding hydrogens is 328 g/mol. The lowest BCUT2D eigenvalue weighted by Gasteiger charge is -2.22. The maximum Gasteiger partial charge on any atom is 0.322 e. The monoisotopic (exact) mass is 348 g/mol. The first kappa shape index (κ1) is 16.3. The molecule has 3 aromatic rings. The van der Waals surface area contributed by atoms with Gasteiger partial charge in [-0.2, -0.15) is 0 Å². The molecule has 0 unspecified atom stereocenters. The summed E-state index contributed by atoms with van der Waals surface area (Å²) in [6.45, 7) is 3.32. The van der Waals surface area contributed by atoms with E-state index >= 15 is 0 Å². The molecule has 1 aliphatic heterocycles. The highest BCUT2D eigenvalue weighted by Crippen LogP contribution is 2.33. The molecule has 0 aliphatic carbocycles. The third-order valence-electron chi connectivity index (χ3n) is 4.51. The fourth-order valence-corrected chi connectivity index (χ4v) is 3.12. The van der Waals surface area contributed by atoms with Crippen molar-refractivity contribution in [3.05, 3.63) is 66.2 Å². The van der Waals surface area contributed by atoms with Crippen LogP contribution in [0.3, 0.4) is 0 Å². The minimum atomic E-state index is -0.124. The van der Waals surface area contributed by atoms with Crippen LogP contribution in [0.25, 0.3) is 10.8 Å². The van der Waals surface area contributed by atoms with Gasteiger partial charge >= 0.3 is 6.03 Å². The number of nitrogens with one attached hydrogen (secondary N) is 1. The molecule has 0 fully saturated rings. The van der Waals surface area contributed by atoms with Gasteiger partial charge in [-0.1, -0.05) is 42.5 Å². The SMILES string of the molecule is CCN(Cc1ccc2c(c1)OCO2)C(=O)Nc1cccc2ccccc12. The number of urea groups is 1. The van der Waals surface area contributed by atoms with E-state index in [0.29, 0.717) is 13.1 Å². The van der Waals surface area contributed by atoms with Gasteiger partial charge in [-0.15, -0.1) is 0 Å². The largest absolute Gasteiger partial charge is 0.454 e. The van der Waals surface area contributed by atoms with Crippen LogP contribution in [0.15, 0.2) is 60.7 Å². The second-order valence-electron chi connectivity index (χ2n) is 6.16. The highest BCUT2D eigenvalue weighted by atomic mass is 16.7. The summed E-state index contributed by atoms with van der Waals surface area (Å²) in [5.74, 6) is 1.48. The summed E-state index contributed by atoms with van der Waals surface area (Å²) in [6.07, 6.45) is 0. The molecule has 0 saturated heterocycles. The van der Waals surface area contributed by atoms with Crippen LogP contribution in [0.1, 0.15) is 12.5 Å². The number of hydrogen-bond donors (Lipinski definition) is 1. The molecule has 1 aliphatic rings. The molecule has 0 spiro atoms. The number of hydrogen-bond acceptors (Lipinski definition) is 3. The average molecular weight is 348 g/mol. The van der Waals surface area contributed by atoms with Gasteiger partial charge in [-0.3, -0.25) is 0 Å². The Hall–Kier alpha value is -3.21. The summed E-state index contributed by atoms with van der Waals surface area (Å²) >= 11 is 0. The summed E-state index contributed by atoms with van der Waals surface area (Å²) in [5.41, 5.74) is 1.82. The molecule has 1 N–H and O–H groups in total. The van der Waals surface area contributed by atoms with Crippen LogP contribution in [-0.4, -0.2) is 24.3 Å². The van der Waals surface area contributed by atoms with Crippen LogP contribution in [0.4, 0.5) is 10.5 Å². The Morgan fingerprint density at radius 2 is 1.85 bits per heavy atom. The number of amides is 2. The summed E-state index contributed by atoms with van der Waals surface area (Å²) in [5, 5.41) is 5.17. The Kier molecular flexibility index (Phi) is 4.35. The minimum Gasteiger partial charge on any atom is -0.454 e. The average Bonchev–Trinajstić information content (AvgIpc) is 3.14. The quantitative estimate of drug-likeness (QED) is 0.748. The van der Waals surface area contributed by atoms with Crippen LogP contribution in [0.5, 0.6) is 11.5 Å². The molecular formula is C21H20N2O3. The molecule has 132 valence electrons. The van der Waals surface area contributed by atoms with E-state index in [0.717, 1.165) is 33.5 Å². The topological polar surface area (TPSA) is 50.8 Å². The minimum absolute atomic E-state index is 0.124. The van der Waals surface area contributed by atoms with Crippen molar-refractivity contribution in [3.8, 4) is 11.5 Å². The van der Waals surface area contributed by atoms with Gasteiger partial charge in [0.15, 0.2) is 11.5 Å². The van der Waals surface area contributed by atoms with Crippen molar-refractivity contribution in [2.75, 3.05) is 18.7 Å². The van der Waals surface area contributed by atoms with Gasteiger partial charge in [0, 0.05) is 18.5 Å². The maximum absolute atomic E-state index is 12.8. The van der Waals surface area contributed by atoms with Crippen molar-refractivity contribution in [3.63, 3.8) is 0 Å². The van der Waals surface area contributed by atoms with E-state index in [-0.39, 0.29) is 12.8 Å². The van der Waals surface area contributed by atoms with Crippen LogP contribution < -0.4 is 14.8 Å². The second kappa shape index (κ2) is 6.96. The first-order chi connectivity index (χ1) is 12.7. The van der Waals surface area contributed by atoms with Crippen LogP contribution in [-0.2, 0) is 6.54 Å². The van der Waals surface area contributed by atoms with Crippen molar-refractivity contribution in [2.45, 2.75) is 13.5 Å². The molecule has 3 aromatic carbocycles. The van der Waals surface area contributed by atoms with Crippen molar-refractivity contribution in [2.24, 2.45) is 0 Å². The van der Waals surface area contributed by atoms with Gasteiger partial charge in [0.25, 0.3) is 0 Å². The second-order valence-corrected chi connectivity index (χ2v) is 6.16. The normalized spacial score (nSPS) is 12.2. The number of carbonyl (C=O) groups is 1. The molecule has 5 heteroatoms. The molecule has 0 radical (unpaired) electrons. The highest BCUT2D eigenvalue weighted by molar-refractivity contribution is 6.01. The molecule has 2 amide bonds. The predicted octanol–water partition coefficient (Wildman–Crippen LogP) is 4.62. The fraction of sp³-hybridized carbons (Fsp3) is 0.190. The maximum atomic E-state index is 12.8. The van der Waals surface area contributed by atoms with Gasteiger partial charge in [-0.05, 0) is 36.1 Å². The van der Waals surface area contributed by atoms with Gasteiger partial charge in [0.05, 0.1) is 5.69 Å². The van der Waals surface area contributed by atoms with E-state index in [4.69, 9.17) is 9.47 Å². The number of ether oxygens (including phenoxy) is 2. The molecule has 4 rings (SSSR count). The first-order valence-electron chi connectivity index (χ1n) is 8.67. The first-order valence-corrected chi connectivity index (χ1v) is 8.67. The Labute approximate surface area is 152 Å². The smallest absolute Gasteiger partial charge is 0.322 e. The van der Waals surface area contributed by atoms with E-state index in [9.17, 15) is 4.79 Å². The Morgan fingerprint density at radius 1 is 1.04 bits per heavy atom. The molecule has 0 bridgehead atoms. The Bertz CT molecular complexity index is 950. The standard InChI is InChI=1S/C21H20N2O3/c1-2-23(13-15-10-11-19-20(12-15)26-14-25-19)21(24)22-18-9-5-7-16-6-3-4-8-17(16)18/h3-12H,2,13-14H2,1H3,(H,22,24). The Morgan fingerprint density at radius 3 is 2.73 bits per heavy atom. The molecule has 0 atom stereocenters. The van der Waals surface area contributed by atoms with Crippen molar-refractivity contribution in [1.82, 2.24) is 4.90 Å². The Balaban J connectivity index is 1.52. The summed E-state index contributed by atoms with van der Waals surface area (Å²) in [4.78, 5) is 14.5. The lowest BCUT2D eigenvalue weighted by atomic mass is 10.1. The molecule has 0 aromatic heterocycles. The van der Waals surface area contributed by atoms with Crippen molar-refractivity contribution >= 4 is 22.5 Å². The zero-order valence-electron chi connectivity index (χ0n) is 14.6. The number of anilines is 1. The number of nitrogens with zero attached hydrogens (tertiary/aromatic N) is 1. The van der Waals surface area contributed by atoms with E-state index in [2.05, 4.69) is 5.32 Å². The van der Waals surface area contributed by atoms with Crippen LogP contribution in [0.2, 0.25) is 0 Å². The third kappa shape index (κ3) is 3.16. The number of carbonyl (C=O) groups excluding carboxylic acids is 1. The third-order valence-corrected chi connectivity index (χ3v) is 4.51. The number of fused-ring (bicyclic) bond motifs is 2. The van der Waals surface area contributed by atoms with Gasteiger partial charge < -0.3 is 19.7 Å². The number of benzene rings is 3. The summed E-state index contributed by atoms with van der Waals surface area (Å²) in [6, 6.07) is 19.6. The zero-order chi connectivity index (χ0) is 17.9. The lowest BCUT2D eigenvalue weighted by Crippen LogP contribution is -2.34. The van der Waals surface area contributed by atoms with E-state index in [1.165, 1.54) is 0 Å². The summed E-state index contributed by atoms with van der Waals surface area (Å²) < 4.78 is 10.8. The molecule has 1 heterocycles. The molecule has 0 saturated carbocycles. The molecule has 26 heavy (non-hydrogen) atoms. The highest BCUT2D eigenvalue weighted by Gasteiger charge is 2.17. The van der Waals surface area contributed by atoms with Crippen molar-refractivity contribution in [1.29, 1.82) is 0 Å². The zero-order valence-corrected chi connectivity index (χ0v) is 14.6. The lowest BCUT2D eigenvalue weighted by molar-refractivity contribution is 0.174. The number of rotatable bonds is 4. The van der Waals surface area contributed by atoms with Gasteiger partial charge in [0.1, 0.15) is 0 Å². The van der Waals surface area contributed by atoms with Crippen molar-refractivity contribution < 1.29 is 14.3 Å². The summed E-state index contributed by atoms with van der Waals surface area (Å²) in [7, 11) is 0. The van der Waals surface area contributed by atoms with E-state index in [1.807, 2.05) is 67.6 Å².